The summed E-state index contributed by atoms with van der Waals surface area (Å²) >= 11 is 1.43. The topological polar surface area (TPSA) is 118 Å². The Morgan fingerprint density at radius 3 is 2.85 bits per heavy atom. The molecule has 0 saturated carbocycles. The van der Waals surface area contributed by atoms with Gasteiger partial charge < -0.3 is 10.4 Å². The first-order valence-electron chi connectivity index (χ1n) is 5.49. The molecule has 0 aliphatic heterocycles. The number of carbonyl (C=O) groups is 1. The number of carboxylic acids is 1. The maximum Gasteiger partial charge on any atom is 0.337 e. The lowest BCUT2D eigenvalue weighted by atomic mass is 10.2. The van der Waals surface area contributed by atoms with Crippen LogP contribution in [-0.2, 0) is 6.54 Å². The van der Waals surface area contributed by atoms with E-state index in [4.69, 9.17) is 5.11 Å². The van der Waals surface area contributed by atoms with E-state index in [9.17, 15) is 14.9 Å². The average molecular weight is 294 g/mol. The van der Waals surface area contributed by atoms with Crippen LogP contribution in [0.3, 0.4) is 0 Å². The predicted octanol–water partition coefficient (Wildman–Crippen LogP) is 2.07. The molecule has 0 atom stereocenters. The van der Waals surface area contributed by atoms with Gasteiger partial charge in [-0.15, -0.1) is 11.3 Å². The molecule has 0 spiro atoms. The predicted molar refractivity (Wildman–Crippen MR) is 72.0 cm³/mol. The Hall–Kier alpha value is -2.55. The van der Waals surface area contributed by atoms with Crippen molar-refractivity contribution in [2.24, 2.45) is 0 Å². The molecule has 20 heavy (non-hydrogen) atoms. The van der Waals surface area contributed by atoms with E-state index in [0.29, 0.717) is 6.54 Å². The molecule has 0 fully saturated rings. The molecule has 0 bridgehead atoms. The molecule has 2 heterocycles. The molecule has 0 radical (unpaired) electrons. The van der Waals surface area contributed by atoms with Crippen molar-refractivity contribution in [1.82, 2.24) is 9.97 Å². The number of nitrogens with one attached hydrogen (secondary N) is 1. The zero-order chi connectivity index (χ0) is 14.7. The molecule has 2 aromatic heterocycles. The Bertz CT molecular complexity index is 670. The van der Waals surface area contributed by atoms with E-state index in [0.717, 1.165) is 22.8 Å². The van der Waals surface area contributed by atoms with Crippen LogP contribution in [0, 0.1) is 17.0 Å². The SMILES string of the molecule is Cc1ncsc1CNc1ncc(C(=O)O)cc1[N+](=O)[O-]. The third-order valence-electron chi connectivity index (χ3n) is 2.57. The highest BCUT2D eigenvalue weighted by atomic mass is 32.1. The minimum atomic E-state index is -1.26. The third kappa shape index (κ3) is 2.88. The van der Waals surface area contributed by atoms with Crippen LogP contribution in [0.1, 0.15) is 20.9 Å². The summed E-state index contributed by atoms with van der Waals surface area (Å²) < 4.78 is 0. The highest BCUT2D eigenvalue weighted by molar-refractivity contribution is 7.09. The summed E-state index contributed by atoms with van der Waals surface area (Å²) in [4.78, 5) is 29.9. The number of pyridine rings is 1. The van der Waals surface area contributed by atoms with Gasteiger partial charge in [0, 0.05) is 17.1 Å². The summed E-state index contributed by atoms with van der Waals surface area (Å²) in [5, 5.41) is 22.6. The molecular formula is C11H10N4O4S. The van der Waals surface area contributed by atoms with E-state index in [2.05, 4.69) is 15.3 Å². The van der Waals surface area contributed by atoms with Crippen LogP contribution in [0.25, 0.3) is 0 Å². The monoisotopic (exact) mass is 294 g/mol. The number of aromatic nitrogens is 2. The van der Waals surface area contributed by atoms with Crippen molar-refractivity contribution in [3.63, 3.8) is 0 Å². The fourth-order valence-electron chi connectivity index (χ4n) is 1.51. The second-order valence-corrected chi connectivity index (χ2v) is 4.81. The van der Waals surface area contributed by atoms with E-state index in [1.165, 1.54) is 11.3 Å². The number of carboxylic acid groups (broad SMARTS) is 1. The van der Waals surface area contributed by atoms with Crippen LogP contribution >= 0.6 is 11.3 Å². The number of thiazole rings is 1. The summed E-state index contributed by atoms with van der Waals surface area (Å²) in [5.41, 5.74) is 1.93. The third-order valence-corrected chi connectivity index (χ3v) is 3.51. The summed E-state index contributed by atoms with van der Waals surface area (Å²) in [6.45, 7) is 2.18. The fraction of sp³-hybridized carbons (Fsp3) is 0.182. The molecule has 0 aliphatic rings. The lowest BCUT2D eigenvalue weighted by Crippen LogP contribution is -2.07. The Balaban J connectivity index is 2.25. The Morgan fingerprint density at radius 2 is 2.30 bits per heavy atom. The number of aromatic carboxylic acids is 1. The summed E-state index contributed by atoms with van der Waals surface area (Å²) in [5.74, 6) is -1.22. The highest BCUT2D eigenvalue weighted by Gasteiger charge is 2.19. The Labute approximate surface area is 117 Å². The van der Waals surface area contributed by atoms with Gasteiger partial charge in [0.2, 0.25) is 5.82 Å². The van der Waals surface area contributed by atoms with Crippen molar-refractivity contribution in [1.29, 1.82) is 0 Å². The molecule has 0 amide bonds. The Morgan fingerprint density at radius 1 is 1.55 bits per heavy atom. The van der Waals surface area contributed by atoms with Crippen molar-refractivity contribution >= 4 is 28.8 Å². The van der Waals surface area contributed by atoms with Gasteiger partial charge >= 0.3 is 11.7 Å². The Kier molecular flexibility index (Phi) is 3.89. The summed E-state index contributed by atoms with van der Waals surface area (Å²) in [7, 11) is 0. The molecule has 0 unspecified atom stereocenters. The van der Waals surface area contributed by atoms with Gasteiger partial charge in [0.05, 0.1) is 28.2 Å². The highest BCUT2D eigenvalue weighted by Crippen LogP contribution is 2.24. The summed E-state index contributed by atoms with van der Waals surface area (Å²) in [6, 6.07) is 0.983. The number of hydrogen-bond donors (Lipinski definition) is 2. The maximum atomic E-state index is 10.9. The van der Waals surface area contributed by atoms with Crippen molar-refractivity contribution in [2.45, 2.75) is 13.5 Å². The second-order valence-electron chi connectivity index (χ2n) is 3.87. The van der Waals surface area contributed by atoms with Crippen LogP contribution in [0.2, 0.25) is 0 Å². The van der Waals surface area contributed by atoms with Gasteiger partial charge in [-0.25, -0.2) is 14.8 Å². The molecular weight excluding hydrogens is 284 g/mol. The largest absolute Gasteiger partial charge is 0.478 e. The van der Waals surface area contributed by atoms with E-state index in [1.807, 2.05) is 6.92 Å². The van der Waals surface area contributed by atoms with Crippen molar-refractivity contribution in [2.75, 3.05) is 5.32 Å². The first-order chi connectivity index (χ1) is 9.49. The van der Waals surface area contributed by atoms with Crippen LogP contribution in [0.4, 0.5) is 11.5 Å². The molecule has 104 valence electrons. The van der Waals surface area contributed by atoms with Crippen LogP contribution in [-0.4, -0.2) is 26.0 Å². The summed E-state index contributed by atoms with van der Waals surface area (Å²) in [6.07, 6.45) is 1.08. The number of hydrogen-bond acceptors (Lipinski definition) is 7. The molecule has 8 nitrogen and oxygen atoms in total. The maximum absolute atomic E-state index is 10.9. The lowest BCUT2D eigenvalue weighted by molar-refractivity contribution is -0.384. The number of anilines is 1. The first-order valence-corrected chi connectivity index (χ1v) is 6.37. The van der Waals surface area contributed by atoms with Gasteiger partial charge in [-0.1, -0.05) is 0 Å². The van der Waals surface area contributed by atoms with Crippen molar-refractivity contribution < 1.29 is 14.8 Å². The number of rotatable bonds is 5. The molecule has 2 rings (SSSR count). The fourth-order valence-corrected chi connectivity index (χ4v) is 2.22. The molecule has 2 aromatic rings. The second kappa shape index (κ2) is 5.61. The van der Waals surface area contributed by atoms with Gasteiger partial charge in [0.1, 0.15) is 0 Å². The quantitative estimate of drug-likeness (QED) is 0.640. The van der Waals surface area contributed by atoms with Gasteiger partial charge in [0.15, 0.2) is 0 Å². The normalized spacial score (nSPS) is 10.2. The van der Waals surface area contributed by atoms with E-state index in [1.54, 1.807) is 5.51 Å². The number of aryl methyl sites for hydroxylation is 1. The standard InChI is InChI=1S/C11H10N4O4S/c1-6-9(20-5-14-6)4-13-10-8(15(18)19)2-7(3-12-10)11(16)17/h2-3,5H,4H2,1H3,(H,12,13)(H,16,17). The molecule has 0 aliphatic carbocycles. The average Bonchev–Trinajstić information content (AvgIpc) is 2.81. The van der Waals surface area contributed by atoms with E-state index in [-0.39, 0.29) is 17.1 Å². The van der Waals surface area contributed by atoms with Crippen LogP contribution < -0.4 is 5.32 Å². The van der Waals surface area contributed by atoms with Crippen LogP contribution in [0.15, 0.2) is 17.8 Å². The van der Waals surface area contributed by atoms with E-state index < -0.39 is 10.9 Å². The molecule has 0 saturated heterocycles. The van der Waals surface area contributed by atoms with Crippen LogP contribution in [0.5, 0.6) is 0 Å². The molecule has 9 heteroatoms. The zero-order valence-electron chi connectivity index (χ0n) is 10.4. The minimum Gasteiger partial charge on any atom is -0.478 e. The first kappa shape index (κ1) is 13.9. The minimum absolute atomic E-state index is 0.0350. The van der Waals surface area contributed by atoms with Gasteiger partial charge in [-0.2, -0.15) is 0 Å². The van der Waals surface area contributed by atoms with Gasteiger partial charge in [0.25, 0.3) is 0 Å². The molecule has 2 N–H and O–H groups in total. The number of nitro groups is 1. The smallest absolute Gasteiger partial charge is 0.337 e. The van der Waals surface area contributed by atoms with Crippen molar-refractivity contribution in [3.8, 4) is 0 Å². The lowest BCUT2D eigenvalue weighted by Gasteiger charge is -2.05. The number of nitrogens with zero attached hydrogens (tertiary/aromatic N) is 3. The van der Waals surface area contributed by atoms with Crippen molar-refractivity contribution in [3.05, 3.63) is 44.0 Å². The van der Waals surface area contributed by atoms with E-state index >= 15 is 0 Å². The van der Waals surface area contributed by atoms with Gasteiger partial charge in [-0.05, 0) is 6.92 Å². The molecule has 0 aromatic carbocycles. The zero-order valence-corrected chi connectivity index (χ0v) is 11.2. The van der Waals surface area contributed by atoms with Gasteiger partial charge in [-0.3, -0.25) is 10.1 Å².